The molecule has 1 aliphatic heterocycles. The molecule has 188 valence electrons. The van der Waals surface area contributed by atoms with Crippen LogP contribution in [0.25, 0.3) is 5.76 Å². The average molecular weight is 481 g/mol. The molecule has 0 aromatic heterocycles. The number of nitrogens with zero attached hydrogens (tertiary/aromatic N) is 2. The van der Waals surface area contributed by atoms with Gasteiger partial charge < -0.3 is 24.4 Å². The van der Waals surface area contributed by atoms with Crippen molar-refractivity contribution in [1.82, 2.24) is 9.80 Å². The van der Waals surface area contributed by atoms with Crippen LogP contribution in [0, 0.1) is 6.92 Å². The molecule has 1 heterocycles. The van der Waals surface area contributed by atoms with Crippen LogP contribution in [-0.4, -0.2) is 66.5 Å². The van der Waals surface area contributed by atoms with E-state index >= 15 is 0 Å². The highest BCUT2D eigenvalue weighted by atomic mass is 16.5. The molecule has 2 aromatic rings. The number of carbonyl (C=O) groups excluding carboxylic acids is 2. The molecule has 3 rings (SSSR count). The minimum Gasteiger partial charge on any atom is -0.507 e. The van der Waals surface area contributed by atoms with E-state index in [1.165, 1.54) is 0 Å². The van der Waals surface area contributed by atoms with Gasteiger partial charge in [-0.15, -0.1) is 0 Å². The van der Waals surface area contributed by atoms with Gasteiger partial charge >= 0.3 is 0 Å². The normalized spacial score (nSPS) is 17.3. The van der Waals surface area contributed by atoms with Gasteiger partial charge in [-0.1, -0.05) is 32.9 Å². The zero-order valence-corrected chi connectivity index (χ0v) is 21.3. The number of methoxy groups -OCH3 is 1. The molecule has 1 aliphatic rings. The number of aryl methyl sites for hydroxylation is 1. The number of hydrogen-bond acceptors (Lipinski definition) is 6. The molecule has 0 radical (unpaired) electrons. The number of rotatable bonds is 11. The van der Waals surface area contributed by atoms with Gasteiger partial charge in [0.1, 0.15) is 17.3 Å². The Morgan fingerprint density at radius 2 is 1.69 bits per heavy atom. The zero-order chi connectivity index (χ0) is 25.5. The van der Waals surface area contributed by atoms with Gasteiger partial charge in [0.05, 0.1) is 25.3 Å². The third kappa shape index (κ3) is 5.68. The minimum atomic E-state index is -0.688. The number of hydrogen-bond donors (Lipinski definition) is 1. The van der Waals surface area contributed by atoms with Crippen molar-refractivity contribution in [3.63, 3.8) is 0 Å². The van der Waals surface area contributed by atoms with Crippen molar-refractivity contribution in [2.24, 2.45) is 0 Å². The van der Waals surface area contributed by atoms with Crippen LogP contribution in [0.3, 0.4) is 0 Å². The Labute approximate surface area is 207 Å². The number of carbonyl (C=O) groups is 2. The van der Waals surface area contributed by atoms with E-state index in [4.69, 9.17) is 9.47 Å². The predicted octanol–water partition coefficient (Wildman–Crippen LogP) is 4.56. The molecule has 0 spiro atoms. The summed E-state index contributed by atoms with van der Waals surface area (Å²) in [6.45, 7) is 11.3. The van der Waals surface area contributed by atoms with Crippen molar-refractivity contribution in [3.05, 3.63) is 64.7 Å². The van der Waals surface area contributed by atoms with E-state index in [0.29, 0.717) is 36.8 Å². The van der Waals surface area contributed by atoms with Crippen molar-refractivity contribution in [1.29, 1.82) is 0 Å². The van der Waals surface area contributed by atoms with E-state index in [0.717, 1.165) is 30.6 Å². The summed E-state index contributed by atoms with van der Waals surface area (Å²) in [7, 11) is 1.59. The van der Waals surface area contributed by atoms with Crippen LogP contribution >= 0.6 is 0 Å². The van der Waals surface area contributed by atoms with Crippen LogP contribution in [0.5, 0.6) is 11.5 Å². The van der Waals surface area contributed by atoms with Crippen LogP contribution in [0.2, 0.25) is 0 Å². The maximum Gasteiger partial charge on any atom is 0.295 e. The fourth-order valence-electron chi connectivity index (χ4n) is 4.39. The molecular formula is C28H36N2O5. The van der Waals surface area contributed by atoms with E-state index in [2.05, 4.69) is 18.7 Å². The molecule has 2 aromatic carbocycles. The Bertz CT molecular complexity index is 1070. The largest absolute Gasteiger partial charge is 0.507 e. The molecule has 1 amide bonds. The Morgan fingerprint density at radius 3 is 2.26 bits per heavy atom. The van der Waals surface area contributed by atoms with E-state index in [9.17, 15) is 14.7 Å². The van der Waals surface area contributed by atoms with E-state index in [-0.39, 0.29) is 11.3 Å². The minimum absolute atomic E-state index is 0.102. The second kappa shape index (κ2) is 11.9. The summed E-state index contributed by atoms with van der Waals surface area (Å²) in [5, 5.41) is 11.4. The van der Waals surface area contributed by atoms with Crippen LogP contribution in [0.4, 0.5) is 0 Å². The summed E-state index contributed by atoms with van der Waals surface area (Å²) < 4.78 is 11.0. The van der Waals surface area contributed by atoms with Crippen LogP contribution < -0.4 is 9.47 Å². The van der Waals surface area contributed by atoms with Crippen molar-refractivity contribution in [3.8, 4) is 11.5 Å². The van der Waals surface area contributed by atoms with E-state index in [1.54, 1.807) is 36.3 Å². The SMILES string of the molecule is CCCOc1ccc(/C(O)=C2\C(=O)C(=O)N(CCN(CC)CC)C2c2ccc(OC)cc2)c(C)c1. The number of aliphatic hydroxyl groups is 1. The highest BCUT2D eigenvalue weighted by molar-refractivity contribution is 6.46. The quantitative estimate of drug-likeness (QED) is 0.289. The highest BCUT2D eigenvalue weighted by Gasteiger charge is 2.46. The number of ether oxygens (including phenoxy) is 2. The Hall–Kier alpha value is -3.32. The first-order chi connectivity index (χ1) is 16.9. The third-order valence-corrected chi connectivity index (χ3v) is 6.45. The maximum absolute atomic E-state index is 13.3. The molecule has 1 atom stereocenters. The second-order valence-corrected chi connectivity index (χ2v) is 8.62. The van der Waals surface area contributed by atoms with Crippen LogP contribution in [-0.2, 0) is 9.59 Å². The fourth-order valence-corrected chi connectivity index (χ4v) is 4.39. The van der Waals surface area contributed by atoms with Crippen molar-refractivity contribution >= 4 is 17.4 Å². The molecule has 0 saturated carbocycles. The Morgan fingerprint density at radius 1 is 1.03 bits per heavy atom. The van der Waals surface area contributed by atoms with Gasteiger partial charge in [-0.05, 0) is 67.9 Å². The highest BCUT2D eigenvalue weighted by Crippen LogP contribution is 2.40. The van der Waals surface area contributed by atoms with Crippen molar-refractivity contribution in [2.75, 3.05) is 39.9 Å². The molecule has 1 unspecified atom stereocenters. The molecule has 7 heteroatoms. The number of benzene rings is 2. The summed E-state index contributed by atoms with van der Waals surface area (Å²) in [6.07, 6.45) is 0.888. The van der Waals surface area contributed by atoms with Gasteiger partial charge in [0.25, 0.3) is 11.7 Å². The summed E-state index contributed by atoms with van der Waals surface area (Å²) in [5.41, 5.74) is 2.12. The molecule has 1 fully saturated rings. The lowest BCUT2D eigenvalue weighted by Gasteiger charge is -2.28. The molecule has 0 aliphatic carbocycles. The topological polar surface area (TPSA) is 79.3 Å². The second-order valence-electron chi connectivity index (χ2n) is 8.62. The summed E-state index contributed by atoms with van der Waals surface area (Å²) >= 11 is 0. The smallest absolute Gasteiger partial charge is 0.295 e. The fraction of sp³-hybridized carbons (Fsp3) is 0.429. The molecule has 35 heavy (non-hydrogen) atoms. The lowest BCUT2D eigenvalue weighted by atomic mass is 9.94. The van der Waals surface area contributed by atoms with Crippen LogP contribution in [0.15, 0.2) is 48.0 Å². The molecule has 7 nitrogen and oxygen atoms in total. The van der Waals surface area contributed by atoms with Gasteiger partial charge in [0.2, 0.25) is 0 Å². The monoisotopic (exact) mass is 480 g/mol. The molecule has 1 N–H and O–H groups in total. The number of likely N-dealkylation sites (tertiary alicyclic amines) is 1. The summed E-state index contributed by atoms with van der Waals surface area (Å²) in [4.78, 5) is 30.2. The molecule has 1 saturated heterocycles. The maximum atomic E-state index is 13.3. The van der Waals surface area contributed by atoms with Crippen molar-refractivity contribution < 1.29 is 24.2 Å². The number of ketones is 1. The molecule has 0 bridgehead atoms. The van der Waals surface area contributed by atoms with Gasteiger partial charge in [-0.2, -0.15) is 0 Å². The van der Waals surface area contributed by atoms with Crippen LogP contribution in [0.1, 0.15) is 49.9 Å². The number of likely N-dealkylation sites (N-methyl/N-ethyl adjacent to an activating group) is 1. The standard InChI is InChI=1S/C28H36N2O5/c1-6-17-35-22-13-14-23(19(4)18-22)26(31)24-25(20-9-11-21(34-5)12-10-20)30(28(33)27(24)32)16-15-29(7-2)8-3/h9-14,18,25,31H,6-8,15-17H2,1-5H3/b26-24+. The van der Waals surface area contributed by atoms with Gasteiger partial charge in [-0.3, -0.25) is 9.59 Å². The first-order valence-corrected chi connectivity index (χ1v) is 12.2. The number of Topliss-reactive ketones (excluding diaryl/α,β-unsaturated/α-hetero) is 1. The van der Waals surface area contributed by atoms with Gasteiger partial charge in [0, 0.05) is 18.7 Å². The average Bonchev–Trinajstić information content (AvgIpc) is 3.12. The van der Waals surface area contributed by atoms with Gasteiger partial charge in [0.15, 0.2) is 0 Å². The zero-order valence-electron chi connectivity index (χ0n) is 21.3. The van der Waals surface area contributed by atoms with Crippen molar-refractivity contribution in [2.45, 2.75) is 40.2 Å². The van der Waals surface area contributed by atoms with Gasteiger partial charge in [-0.25, -0.2) is 0 Å². The Kier molecular flexibility index (Phi) is 8.93. The first kappa shape index (κ1) is 26.3. The number of aliphatic hydroxyl groups excluding tert-OH is 1. The first-order valence-electron chi connectivity index (χ1n) is 12.2. The number of amides is 1. The van der Waals surface area contributed by atoms with E-state index < -0.39 is 17.7 Å². The predicted molar refractivity (Wildman–Crippen MR) is 137 cm³/mol. The van der Waals surface area contributed by atoms with E-state index in [1.807, 2.05) is 32.0 Å². The third-order valence-electron chi connectivity index (χ3n) is 6.45. The lowest BCUT2D eigenvalue weighted by molar-refractivity contribution is -0.140. The lowest BCUT2D eigenvalue weighted by Crippen LogP contribution is -2.38. The Balaban J connectivity index is 2.08. The summed E-state index contributed by atoms with van der Waals surface area (Å²) in [5.74, 6) is -0.0673. The summed E-state index contributed by atoms with van der Waals surface area (Å²) in [6, 6.07) is 11.9. The molecular weight excluding hydrogens is 444 g/mol.